The first kappa shape index (κ1) is 21.6. The average Bonchev–Trinajstić information content (AvgIpc) is 3.14. The van der Waals surface area contributed by atoms with Gasteiger partial charge < -0.3 is 23.8 Å². The molecule has 0 radical (unpaired) electrons. The van der Waals surface area contributed by atoms with Crippen LogP contribution in [0.4, 0.5) is 0 Å². The number of rotatable bonds is 7. The molecule has 7 heteroatoms. The van der Waals surface area contributed by atoms with Gasteiger partial charge in [-0.1, -0.05) is 0 Å². The Kier molecular flexibility index (Phi) is 6.43. The third kappa shape index (κ3) is 4.52. The number of amides is 1. The summed E-state index contributed by atoms with van der Waals surface area (Å²) in [6, 6.07) is 2.02. The van der Waals surface area contributed by atoms with Crippen molar-refractivity contribution in [3.63, 3.8) is 0 Å². The molecule has 4 rings (SSSR count). The van der Waals surface area contributed by atoms with Gasteiger partial charge in [0, 0.05) is 41.3 Å². The number of nitrogens with one attached hydrogen (secondary N) is 2. The fourth-order valence-corrected chi connectivity index (χ4v) is 4.41. The van der Waals surface area contributed by atoms with Crippen molar-refractivity contribution in [1.29, 1.82) is 0 Å². The van der Waals surface area contributed by atoms with Gasteiger partial charge in [-0.05, 0) is 44.4 Å². The first-order valence-corrected chi connectivity index (χ1v) is 11.1. The lowest BCUT2D eigenvalue weighted by atomic mass is 9.98. The van der Waals surface area contributed by atoms with Crippen LogP contribution in [0.1, 0.15) is 35.1 Å². The van der Waals surface area contributed by atoms with Crippen LogP contribution >= 0.6 is 0 Å². The molecule has 1 amide bonds. The Balaban J connectivity index is 1.41. The number of carbonyl (C=O) groups excluding carboxylic acids is 1. The molecule has 1 aliphatic rings. The molecule has 0 saturated carbocycles. The Morgan fingerprint density at radius 1 is 1.10 bits per heavy atom. The fourth-order valence-electron chi connectivity index (χ4n) is 4.41. The minimum atomic E-state index is -0.376. The number of hydrogen-bond donors (Lipinski definition) is 2. The van der Waals surface area contributed by atoms with Gasteiger partial charge in [0.2, 0.25) is 5.91 Å². The maximum Gasteiger partial charge on any atom is 0.339 e. The van der Waals surface area contributed by atoms with E-state index in [-0.39, 0.29) is 18.0 Å². The van der Waals surface area contributed by atoms with Gasteiger partial charge in [0.25, 0.3) is 0 Å². The van der Waals surface area contributed by atoms with Crippen molar-refractivity contribution in [1.82, 2.24) is 5.32 Å². The van der Waals surface area contributed by atoms with Crippen LogP contribution in [-0.4, -0.2) is 45.3 Å². The van der Waals surface area contributed by atoms with E-state index >= 15 is 0 Å². The number of ether oxygens (including phenoxy) is 1. The van der Waals surface area contributed by atoms with Gasteiger partial charge in [0.1, 0.15) is 24.3 Å². The second-order valence-corrected chi connectivity index (χ2v) is 8.48. The number of fused-ring (bicyclic) bond motifs is 2. The maximum atomic E-state index is 12.7. The molecule has 1 saturated heterocycles. The van der Waals surface area contributed by atoms with Crippen LogP contribution in [0.3, 0.4) is 0 Å². The SMILES string of the molecule is Cc1coc2c(C)c3oc(=O)c(CCC(=O)NCCC[NH+]4CCOCC4)c(C)c3cc12. The predicted octanol–water partition coefficient (Wildman–Crippen LogP) is 1.82. The summed E-state index contributed by atoms with van der Waals surface area (Å²) in [6.45, 7) is 11.2. The highest BCUT2D eigenvalue weighted by Gasteiger charge is 2.18. The second kappa shape index (κ2) is 9.24. The van der Waals surface area contributed by atoms with E-state index in [0.717, 1.165) is 72.3 Å². The molecular formula is C24H31N2O5+. The van der Waals surface area contributed by atoms with Crippen LogP contribution in [0, 0.1) is 20.8 Å². The maximum absolute atomic E-state index is 12.7. The quantitative estimate of drug-likeness (QED) is 0.444. The van der Waals surface area contributed by atoms with E-state index in [9.17, 15) is 9.59 Å². The number of carbonyl (C=O) groups is 1. The second-order valence-electron chi connectivity index (χ2n) is 8.48. The zero-order valence-electron chi connectivity index (χ0n) is 18.6. The van der Waals surface area contributed by atoms with Crippen LogP contribution in [0.2, 0.25) is 0 Å². The molecule has 3 heterocycles. The molecule has 166 valence electrons. The molecule has 1 fully saturated rings. The Hall–Kier alpha value is -2.64. The number of quaternary nitrogens is 1. The van der Waals surface area contributed by atoms with Crippen molar-refractivity contribution < 1.29 is 23.3 Å². The highest BCUT2D eigenvalue weighted by Crippen LogP contribution is 2.32. The summed E-state index contributed by atoms with van der Waals surface area (Å²) < 4.78 is 16.7. The minimum Gasteiger partial charge on any atom is -0.464 e. The molecule has 0 atom stereocenters. The molecule has 2 aromatic heterocycles. The van der Waals surface area contributed by atoms with Crippen LogP contribution in [0.15, 0.2) is 26.0 Å². The molecular weight excluding hydrogens is 396 g/mol. The van der Waals surface area contributed by atoms with E-state index < -0.39 is 0 Å². The van der Waals surface area contributed by atoms with Crippen molar-refractivity contribution in [2.24, 2.45) is 0 Å². The van der Waals surface area contributed by atoms with E-state index in [1.54, 1.807) is 6.26 Å². The monoisotopic (exact) mass is 427 g/mol. The van der Waals surface area contributed by atoms with Gasteiger partial charge in [-0.3, -0.25) is 4.79 Å². The van der Waals surface area contributed by atoms with E-state index in [1.165, 1.54) is 4.90 Å². The Morgan fingerprint density at radius 3 is 2.65 bits per heavy atom. The van der Waals surface area contributed by atoms with Gasteiger partial charge in [-0.15, -0.1) is 0 Å². The van der Waals surface area contributed by atoms with Crippen molar-refractivity contribution in [3.8, 4) is 0 Å². The Morgan fingerprint density at radius 2 is 1.87 bits per heavy atom. The third-order valence-electron chi connectivity index (χ3n) is 6.37. The van der Waals surface area contributed by atoms with Crippen LogP contribution in [0.5, 0.6) is 0 Å². The van der Waals surface area contributed by atoms with E-state index in [1.807, 2.05) is 26.8 Å². The normalized spacial score (nSPS) is 15.1. The average molecular weight is 428 g/mol. The number of benzene rings is 1. The van der Waals surface area contributed by atoms with Crippen LogP contribution in [0.25, 0.3) is 21.9 Å². The van der Waals surface area contributed by atoms with Gasteiger partial charge >= 0.3 is 5.63 Å². The number of morpholine rings is 1. The molecule has 31 heavy (non-hydrogen) atoms. The summed E-state index contributed by atoms with van der Waals surface area (Å²) in [5, 5.41) is 4.90. The Labute approximate surface area is 181 Å². The molecule has 3 aromatic rings. The van der Waals surface area contributed by atoms with E-state index in [0.29, 0.717) is 24.1 Å². The molecule has 2 N–H and O–H groups in total. The summed E-state index contributed by atoms with van der Waals surface area (Å²) in [4.78, 5) is 26.5. The summed E-state index contributed by atoms with van der Waals surface area (Å²) in [5.74, 6) is -0.0341. The number of hydrogen-bond acceptors (Lipinski definition) is 5. The summed E-state index contributed by atoms with van der Waals surface area (Å²) in [7, 11) is 0. The van der Waals surface area contributed by atoms with Gasteiger partial charge in [-0.25, -0.2) is 4.79 Å². The summed E-state index contributed by atoms with van der Waals surface area (Å²) in [6.07, 6.45) is 3.30. The lowest BCUT2D eigenvalue weighted by Gasteiger charge is -2.23. The molecule has 0 bridgehead atoms. The van der Waals surface area contributed by atoms with Crippen LogP contribution < -0.4 is 15.8 Å². The lowest BCUT2D eigenvalue weighted by Crippen LogP contribution is -3.14. The van der Waals surface area contributed by atoms with Crippen molar-refractivity contribution >= 4 is 27.8 Å². The zero-order chi connectivity index (χ0) is 22.0. The standard InChI is InChI=1S/C24H30N2O5/c1-15-14-30-22-17(3)23-20(13-19(15)22)16(2)18(24(28)31-23)5-6-21(27)25-7-4-8-26-9-11-29-12-10-26/h13-14H,4-12H2,1-3H3,(H,25,27)/p+1. The minimum absolute atomic E-state index is 0.0341. The zero-order valence-corrected chi connectivity index (χ0v) is 18.6. The van der Waals surface area contributed by atoms with Crippen molar-refractivity contribution in [2.45, 2.75) is 40.0 Å². The molecule has 1 aliphatic heterocycles. The summed E-state index contributed by atoms with van der Waals surface area (Å²) in [5.41, 5.74) is 4.25. The first-order chi connectivity index (χ1) is 15.0. The van der Waals surface area contributed by atoms with Gasteiger partial charge in [-0.2, -0.15) is 0 Å². The fraction of sp³-hybridized carbons (Fsp3) is 0.500. The van der Waals surface area contributed by atoms with Crippen LogP contribution in [-0.2, 0) is 16.0 Å². The highest BCUT2D eigenvalue weighted by atomic mass is 16.5. The number of furan rings is 1. The highest BCUT2D eigenvalue weighted by molar-refractivity contribution is 5.99. The van der Waals surface area contributed by atoms with E-state index in [2.05, 4.69) is 5.32 Å². The largest absolute Gasteiger partial charge is 0.464 e. The summed E-state index contributed by atoms with van der Waals surface area (Å²) >= 11 is 0. The first-order valence-electron chi connectivity index (χ1n) is 11.1. The third-order valence-corrected chi connectivity index (χ3v) is 6.37. The Bertz CT molecular complexity index is 1150. The molecule has 7 nitrogen and oxygen atoms in total. The van der Waals surface area contributed by atoms with Crippen molar-refractivity contribution in [2.75, 3.05) is 39.4 Å². The molecule has 0 spiro atoms. The molecule has 0 unspecified atom stereocenters. The van der Waals surface area contributed by atoms with Gasteiger partial charge in [0.15, 0.2) is 0 Å². The predicted molar refractivity (Wildman–Crippen MR) is 119 cm³/mol. The number of aryl methyl sites for hydroxylation is 3. The van der Waals surface area contributed by atoms with E-state index in [4.69, 9.17) is 13.6 Å². The lowest BCUT2D eigenvalue weighted by molar-refractivity contribution is -0.908. The van der Waals surface area contributed by atoms with Gasteiger partial charge in [0.05, 0.1) is 26.0 Å². The molecule has 1 aromatic carbocycles. The smallest absolute Gasteiger partial charge is 0.339 e. The topological polar surface area (TPSA) is 86.1 Å². The van der Waals surface area contributed by atoms with Crippen molar-refractivity contribution in [3.05, 3.63) is 45.0 Å². The molecule has 0 aliphatic carbocycles.